The lowest BCUT2D eigenvalue weighted by Crippen LogP contribution is -2.21. The number of nitrogens with one attached hydrogen (secondary N) is 1. The van der Waals surface area contributed by atoms with Gasteiger partial charge >= 0.3 is 0 Å². The number of benzene rings is 1. The van der Waals surface area contributed by atoms with E-state index in [1.165, 1.54) is 0 Å². The van der Waals surface area contributed by atoms with Gasteiger partial charge in [0.1, 0.15) is 12.4 Å². The summed E-state index contributed by atoms with van der Waals surface area (Å²) < 4.78 is 5.52. The average molecular weight is 272 g/mol. The topological polar surface area (TPSA) is 67.6 Å². The molecule has 1 rings (SSSR count). The van der Waals surface area contributed by atoms with Gasteiger partial charge in [0.05, 0.1) is 11.6 Å². The highest BCUT2D eigenvalue weighted by Gasteiger charge is 2.05. The predicted octanol–water partition coefficient (Wildman–Crippen LogP) is 1.18. The third-order valence-electron chi connectivity index (χ3n) is 2.20. The van der Waals surface area contributed by atoms with Crippen LogP contribution in [0, 0.1) is 0 Å². The van der Waals surface area contributed by atoms with Crippen molar-refractivity contribution in [2.24, 2.45) is 5.73 Å². The molecule has 1 amide bonds. The van der Waals surface area contributed by atoms with Gasteiger partial charge in [-0.15, -0.1) is 0 Å². The third-order valence-corrected chi connectivity index (χ3v) is 2.49. The number of likely N-dealkylation sites (N-methyl/N-ethyl adjacent to an activating group) is 1. The largest absolute Gasteiger partial charge is 0.491 e. The number of nitrogens with two attached hydrogens (primary N) is 1. The zero-order valence-corrected chi connectivity index (χ0v) is 11.3. The van der Waals surface area contributed by atoms with Gasteiger partial charge in [-0.25, -0.2) is 0 Å². The summed E-state index contributed by atoms with van der Waals surface area (Å²) in [5, 5.41) is 3.08. The van der Waals surface area contributed by atoms with Crippen LogP contribution in [0.15, 0.2) is 18.2 Å². The maximum atomic E-state index is 11.1. The Hall–Kier alpha value is -1.30. The number of halogens is 1. The lowest BCUT2D eigenvalue weighted by molar-refractivity contribution is -0.114. The first-order valence-electron chi connectivity index (χ1n) is 5.60. The van der Waals surface area contributed by atoms with Gasteiger partial charge < -0.3 is 20.7 Å². The fraction of sp³-hybridized carbons (Fsp3) is 0.417. The number of amides is 1. The Morgan fingerprint density at radius 2 is 2.22 bits per heavy atom. The van der Waals surface area contributed by atoms with Gasteiger partial charge in [0.15, 0.2) is 0 Å². The number of rotatable bonds is 6. The van der Waals surface area contributed by atoms with Crippen LogP contribution in [0.1, 0.15) is 0 Å². The second-order valence-electron chi connectivity index (χ2n) is 4.05. The molecule has 3 N–H and O–H groups in total. The molecule has 0 radical (unpaired) electrons. The fourth-order valence-electron chi connectivity index (χ4n) is 1.25. The van der Waals surface area contributed by atoms with E-state index < -0.39 is 0 Å². The molecule has 100 valence electrons. The first kappa shape index (κ1) is 14.8. The van der Waals surface area contributed by atoms with Crippen molar-refractivity contribution in [2.75, 3.05) is 39.1 Å². The van der Waals surface area contributed by atoms with Crippen LogP contribution in [0.2, 0.25) is 5.02 Å². The monoisotopic (exact) mass is 271 g/mol. The van der Waals surface area contributed by atoms with Gasteiger partial charge in [-0.2, -0.15) is 0 Å². The van der Waals surface area contributed by atoms with Crippen LogP contribution in [-0.2, 0) is 4.79 Å². The van der Waals surface area contributed by atoms with Crippen LogP contribution in [0.5, 0.6) is 5.75 Å². The van der Waals surface area contributed by atoms with Crippen molar-refractivity contribution in [3.63, 3.8) is 0 Å². The number of hydrogen-bond acceptors (Lipinski definition) is 4. The van der Waals surface area contributed by atoms with Gasteiger partial charge in [0.25, 0.3) is 0 Å². The number of carbonyl (C=O) groups excluding carboxylic acids is 1. The maximum absolute atomic E-state index is 11.1. The van der Waals surface area contributed by atoms with Gasteiger partial charge in [0, 0.05) is 12.2 Å². The summed E-state index contributed by atoms with van der Waals surface area (Å²) >= 11 is 6.05. The number of hydrogen-bond donors (Lipinski definition) is 2. The Labute approximate surface area is 112 Å². The Morgan fingerprint density at radius 1 is 1.50 bits per heavy atom. The Bertz CT molecular complexity index is 410. The number of ether oxygens (including phenoxy) is 1. The Kier molecular flexibility index (Phi) is 5.91. The number of anilines is 1. The molecule has 5 nitrogen and oxygen atoms in total. The summed E-state index contributed by atoms with van der Waals surface area (Å²) in [6, 6.07) is 5.09. The van der Waals surface area contributed by atoms with Crippen LogP contribution >= 0.6 is 11.6 Å². The predicted molar refractivity (Wildman–Crippen MR) is 73.2 cm³/mol. The average Bonchev–Trinajstić information content (AvgIpc) is 2.31. The molecular weight excluding hydrogens is 254 g/mol. The normalized spacial score (nSPS) is 10.5. The van der Waals surface area contributed by atoms with Crippen molar-refractivity contribution in [2.45, 2.75) is 0 Å². The standard InChI is InChI=1S/C12H18ClN3O2/c1-16(2)5-6-18-11-4-3-9(7-10(11)13)15-12(17)8-14/h3-4,7H,5-6,8,14H2,1-2H3,(H,15,17). The van der Waals surface area contributed by atoms with Crippen molar-refractivity contribution in [3.8, 4) is 5.75 Å². The van der Waals surface area contributed by atoms with Gasteiger partial charge in [0.2, 0.25) is 5.91 Å². The van der Waals surface area contributed by atoms with E-state index in [2.05, 4.69) is 5.32 Å². The second kappa shape index (κ2) is 7.20. The molecule has 0 atom stereocenters. The Balaban J connectivity index is 2.59. The molecule has 0 aliphatic carbocycles. The molecule has 1 aromatic carbocycles. The summed E-state index contributed by atoms with van der Waals surface area (Å²) in [4.78, 5) is 13.1. The maximum Gasteiger partial charge on any atom is 0.238 e. The van der Waals surface area contributed by atoms with Gasteiger partial charge in [-0.1, -0.05) is 11.6 Å². The van der Waals surface area contributed by atoms with Crippen molar-refractivity contribution >= 4 is 23.2 Å². The van der Waals surface area contributed by atoms with E-state index in [-0.39, 0.29) is 12.5 Å². The minimum Gasteiger partial charge on any atom is -0.491 e. The van der Waals surface area contributed by atoms with E-state index in [9.17, 15) is 4.79 Å². The minimum atomic E-state index is -0.257. The first-order chi connectivity index (χ1) is 8.52. The minimum absolute atomic E-state index is 0.0568. The summed E-state index contributed by atoms with van der Waals surface area (Å²) in [5.41, 5.74) is 5.81. The molecule has 0 saturated carbocycles. The van der Waals surface area contributed by atoms with E-state index in [0.29, 0.717) is 23.1 Å². The fourth-order valence-corrected chi connectivity index (χ4v) is 1.48. The summed E-state index contributed by atoms with van der Waals surface area (Å²) in [6.07, 6.45) is 0. The van der Waals surface area contributed by atoms with Crippen molar-refractivity contribution < 1.29 is 9.53 Å². The summed E-state index contributed by atoms with van der Waals surface area (Å²) in [6.45, 7) is 1.31. The van der Waals surface area contributed by atoms with Crippen LogP contribution in [0.4, 0.5) is 5.69 Å². The Morgan fingerprint density at radius 3 is 2.78 bits per heavy atom. The second-order valence-corrected chi connectivity index (χ2v) is 4.46. The molecule has 0 unspecified atom stereocenters. The molecule has 0 fully saturated rings. The van der Waals surface area contributed by atoms with Crippen molar-refractivity contribution in [1.29, 1.82) is 0 Å². The zero-order valence-electron chi connectivity index (χ0n) is 10.6. The highest BCUT2D eigenvalue weighted by Crippen LogP contribution is 2.27. The van der Waals surface area contributed by atoms with Crippen LogP contribution < -0.4 is 15.8 Å². The van der Waals surface area contributed by atoms with Crippen LogP contribution in [0.3, 0.4) is 0 Å². The summed E-state index contributed by atoms with van der Waals surface area (Å²) in [5.74, 6) is 0.344. The van der Waals surface area contributed by atoms with Crippen molar-refractivity contribution in [1.82, 2.24) is 4.90 Å². The third kappa shape index (κ3) is 4.91. The van der Waals surface area contributed by atoms with Gasteiger partial charge in [-0.3, -0.25) is 4.79 Å². The SMILES string of the molecule is CN(C)CCOc1ccc(NC(=O)CN)cc1Cl. The zero-order chi connectivity index (χ0) is 13.5. The van der Waals surface area contributed by atoms with E-state index >= 15 is 0 Å². The molecule has 18 heavy (non-hydrogen) atoms. The summed E-state index contributed by atoms with van der Waals surface area (Å²) in [7, 11) is 3.94. The molecule has 0 heterocycles. The van der Waals surface area contributed by atoms with E-state index in [0.717, 1.165) is 6.54 Å². The quantitative estimate of drug-likeness (QED) is 0.815. The molecule has 1 aromatic rings. The molecule has 0 spiro atoms. The van der Waals surface area contributed by atoms with Crippen molar-refractivity contribution in [3.05, 3.63) is 23.2 Å². The molecular formula is C12H18ClN3O2. The van der Waals surface area contributed by atoms with E-state index in [1.807, 2.05) is 19.0 Å². The molecule has 0 aliphatic rings. The molecule has 6 heteroatoms. The highest BCUT2D eigenvalue weighted by atomic mass is 35.5. The lowest BCUT2D eigenvalue weighted by Gasteiger charge is -2.12. The van der Waals surface area contributed by atoms with Crippen LogP contribution in [0.25, 0.3) is 0 Å². The smallest absolute Gasteiger partial charge is 0.238 e. The van der Waals surface area contributed by atoms with E-state index in [4.69, 9.17) is 22.1 Å². The highest BCUT2D eigenvalue weighted by molar-refractivity contribution is 6.32. The molecule has 0 aromatic heterocycles. The number of carbonyl (C=O) groups is 1. The lowest BCUT2D eigenvalue weighted by atomic mass is 10.3. The molecule has 0 aliphatic heterocycles. The van der Waals surface area contributed by atoms with E-state index in [1.54, 1.807) is 18.2 Å². The first-order valence-corrected chi connectivity index (χ1v) is 5.97. The van der Waals surface area contributed by atoms with Gasteiger partial charge in [-0.05, 0) is 32.3 Å². The number of nitrogens with zero attached hydrogens (tertiary/aromatic N) is 1. The van der Waals surface area contributed by atoms with Crippen LogP contribution in [-0.4, -0.2) is 44.6 Å². The molecule has 0 bridgehead atoms. The molecule has 0 saturated heterocycles.